The molecule has 4 heteroatoms. The van der Waals surface area contributed by atoms with Crippen LogP contribution in [-0.4, -0.2) is 29.2 Å². The lowest BCUT2D eigenvalue weighted by Crippen LogP contribution is -2.10. The lowest BCUT2D eigenvalue weighted by atomic mass is 10.1. The van der Waals surface area contributed by atoms with Crippen LogP contribution in [0.3, 0.4) is 0 Å². The highest BCUT2D eigenvalue weighted by molar-refractivity contribution is 7.97. The van der Waals surface area contributed by atoms with E-state index in [0.717, 1.165) is 5.39 Å². The van der Waals surface area contributed by atoms with Gasteiger partial charge in [-0.15, -0.1) is 0 Å². The molecule has 2 aromatic rings. The number of rotatable bonds is 4. The van der Waals surface area contributed by atoms with Gasteiger partial charge in [0.05, 0.1) is 0 Å². The van der Waals surface area contributed by atoms with Gasteiger partial charge < -0.3 is 9.84 Å². The van der Waals surface area contributed by atoms with Gasteiger partial charge >= 0.3 is 5.97 Å². The Kier molecular flexibility index (Phi) is 3.83. The summed E-state index contributed by atoms with van der Waals surface area (Å²) in [5.74, 6) is 2.27. The van der Waals surface area contributed by atoms with Crippen LogP contribution in [-0.2, 0) is 15.7 Å². The number of carbonyl (C=O) groups is 1. The Labute approximate surface area is 120 Å². The molecular formula is C16H17O3S+. The Balaban J connectivity index is 2.02. The van der Waals surface area contributed by atoms with Crippen molar-refractivity contribution in [2.24, 2.45) is 0 Å². The molecule has 0 atom stereocenters. The average molecular weight is 289 g/mol. The van der Waals surface area contributed by atoms with Gasteiger partial charge in [-0.25, -0.2) is 4.79 Å². The van der Waals surface area contributed by atoms with Crippen molar-refractivity contribution in [3.05, 3.63) is 36.4 Å². The van der Waals surface area contributed by atoms with Crippen molar-refractivity contribution in [1.82, 2.24) is 0 Å². The monoisotopic (exact) mass is 289 g/mol. The number of fused-ring (bicyclic) bond motifs is 1. The minimum Gasteiger partial charge on any atom is -0.481 e. The molecule has 1 saturated heterocycles. The highest BCUT2D eigenvalue weighted by Crippen LogP contribution is 2.34. The summed E-state index contributed by atoms with van der Waals surface area (Å²) in [6.45, 7) is -0.297. The number of carboxylic acids is 1. The Bertz CT molecular complexity index is 633. The summed E-state index contributed by atoms with van der Waals surface area (Å²) in [6.07, 6.45) is 2.63. The minimum absolute atomic E-state index is 0.297. The second-order valence-electron chi connectivity index (χ2n) is 4.90. The van der Waals surface area contributed by atoms with E-state index in [0.29, 0.717) is 16.6 Å². The fraction of sp³-hybridized carbons (Fsp3) is 0.312. The van der Waals surface area contributed by atoms with E-state index >= 15 is 0 Å². The fourth-order valence-corrected chi connectivity index (χ4v) is 5.13. The molecular weight excluding hydrogens is 272 g/mol. The van der Waals surface area contributed by atoms with E-state index in [1.54, 1.807) is 0 Å². The van der Waals surface area contributed by atoms with Crippen LogP contribution in [0, 0.1) is 0 Å². The molecule has 0 aromatic heterocycles. The van der Waals surface area contributed by atoms with Crippen molar-refractivity contribution in [2.75, 3.05) is 18.1 Å². The first-order chi connectivity index (χ1) is 9.75. The third-order valence-electron chi connectivity index (χ3n) is 3.54. The van der Waals surface area contributed by atoms with Crippen molar-refractivity contribution in [2.45, 2.75) is 17.7 Å². The van der Waals surface area contributed by atoms with Gasteiger partial charge in [0.2, 0.25) is 0 Å². The largest absolute Gasteiger partial charge is 0.481 e. The molecule has 0 bridgehead atoms. The Hall–Kier alpha value is -1.68. The number of hydrogen-bond acceptors (Lipinski definition) is 2. The Morgan fingerprint density at radius 1 is 1.10 bits per heavy atom. The third-order valence-corrected chi connectivity index (χ3v) is 6.08. The molecule has 0 unspecified atom stereocenters. The van der Waals surface area contributed by atoms with Crippen LogP contribution in [0.2, 0.25) is 0 Å². The summed E-state index contributed by atoms with van der Waals surface area (Å²) in [5, 5.41) is 11.0. The van der Waals surface area contributed by atoms with Crippen LogP contribution < -0.4 is 4.74 Å². The van der Waals surface area contributed by atoms with E-state index < -0.39 is 5.97 Å². The van der Waals surface area contributed by atoms with Crippen molar-refractivity contribution < 1.29 is 14.6 Å². The van der Waals surface area contributed by atoms with Gasteiger partial charge in [-0.1, -0.05) is 18.2 Å². The van der Waals surface area contributed by atoms with Crippen molar-refractivity contribution in [3.63, 3.8) is 0 Å². The molecule has 3 rings (SSSR count). The molecule has 1 aliphatic rings. The highest BCUT2D eigenvalue weighted by Gasteiger charge is 2.29. The first-order valence-corrected chi connectivity index (χ1v) is 8.36. The van der Waals surface area contributed by atoms with Crippen LogP contribution in [0.1, 0.15) is 12.8 Å². The summed E-state index contributed by atoms with van der Waals surface area (Å²) in [5.41, 5.74) is 0. The molecule has 0 amide bonds. The van der Waals surface area contributed by atoms with Crippen molar-refractivity contribution >= 4 is 27.6 Å². The van der Waals surface area contributed by atoms with Crippen LogP contribution in [0.4, 0.5) is 0 Å². The maximum atomic E-state index is 10.7. The van der Waals surface area contributed by atoms with Gasteiger partial charge in [0, 0.05) is 21.7 Å². The molecule has 0 radical (unpaired) electrons. The molecule has 1 aliphatic heterocycles. The predicted octanol–water partition coefficient (Wildman–Crippen LogP) is 3.07. The zero-order valence-electron chi connectivity index (χ0n) is 11.2. The summed E-state index contributed by atoms with van der Waals surface area (Å²) in [7, 11) is 0.342. The topological polar surface area (TPSA) is 46.5 Å². The fourth-order valence-electron chi connectivity index (χ4n) is 2.64. The average Bonchev–Trinajstić information content (AvgIpc) is 2.98. The maximum Gasteiger partial charge on any atom is 0.341 e. The highest BCUT2D eigenvalue weighted by atomic mass is 32.2. The minimum atomic E-state index is -0.948. The van der Waals surface area contributed by atoms with E-state index in [9.17, 15) is 4.79 Å². The van der Waals surface area contributed by atoms with Crippen molar-refractivity contribution in [3.8, 4) is 5.75 Å². The van der Waals surface area contributed by atoms with Gasteiger partial charge in [0.1, 0.15) is 17.3 Å². The summed E-state index contributed by atoms with van der Waals surface area (Å²) >= 11 is 0. The first-order valence-electron chi connectivity index (χ1n) is 6.79. The lowest BCUT2D eigenvalue weighted by Gasteiger charge is -2.10. The van der Waals surface area contributed by atoms with Gasteiger partial charge in [-0.05, 0) is 31.0 Å². The van der Waals surface area contributed by atoms with E-state index in [4.69, 9.17) is 9.84 Å². The van der Waals surface area contributed by atoms with E-state index in [1.165, 1.54) is 34.6 Å². The van der Waals surface area contributed by atoms with E-state index in [-0.39, 0.29) is 6.61 Å². The molecule has 2 aromatic carbocycles. The summed E-state index contributed by atoms with van der Waals surface area (Å²) in [4.78, 5) is 12.1. The second-order valence-corrected chi connectivity index (χ2v) is 7.14. The van der Waals surface area contributed by atoms with Crippen LogP contribution in [0.25, 0.3) is 10.8 Å². The molecule has 0 aliphatic carbocycles. The molecule has 20 heavy (non-hydrogen) atoms. The number of carboxylic acid groups (broad SMARTS) is 1. The lowest BCUT2D eigenvalue weighted by molar-refractivity contribution is -0.139. The van der Waals surface area contributed by atoms with E-state index in [1.807, 2.05) is 24.3 Å². The van der Waals surface area contributed by atoms with Gasteiger partial charge in [-0.2, -0.15) is 0 Å². The zero-order chi connectivity index (χ0) is 13.9. The van der Waals surface area contributed by atoms with Gasteiger partial charge in [-0.3, -0.25) is 0 Å². The number of hydrogen-bond donors (Lipinski definition) is 1. The smallest absolute Gasteiger partial charge is 0.341 e. The SMILES string of the molecule is O=C(O)COc1ccc([S+]2CCCC2)c2ccccc12. The molecule has 3 nitrogen and oxygen atoms in total. The standard InChI is InChI=1S/C16H16O3S/c17-16(18)11-19-14-7-8-15(20-9-3-4-10-20)13-6-2-1-5-12(13)14/h1-2,5-8H,3-4,9-11H2/p+1. The van der Waals surface area contributed by atoms with Gasteiger partial charge in [0.15, 0.2) is 11.5 Å². The first kappa shape index (κ1) is 13.3. The quantitative estimate of drug-likeness (QED) is 0.880. The van der Waals surface area contributed by atoms with Crippen LogP contribution >= 0.6 is 0 Å². The second kappa shape index (κ2) is 5.75. The van der Waals surface area contributed by atoms with Gasteiger partial charge in [0.25, 0.3) is 0 Å². The molecule has 104 valence electrons. The Morgan fingerprint density at radius 2 is 1.80 bits per heavy atom. The predicted molar refractivity (Wildman–Crippen MR) is 81.7 cm³/mol. The third kappa shape index (κ3) is 2.61. The zero-order valence-corrected chi connectivity index (χ0v) is 12.0. The molecule has 0 spiro atoms. The molecule has 0 saturated carbocycles. The molecule has 1 heterocycles. The number of ether oxygens (including phenoxy) is 1. The van der Waals surface area contributed by atoms with Crippen molar-refractivity contribution in [1.29, 1.82) is 0 Å². The molecule has 1 N–H and O–H groups in total. The summed E-state index contributed by atoms with van der Waals surface area (Å²) < 4.78 is 5.40. The normalized spacial score (nSPS) is 15.6. The Morgan fingerprint density at radius 3 is 2.50 bits per heavy atom. The summed E-state index contributed by atoms with van der Waals surface area (Å²) in [6, 6.07) is 12.2. The van der Waals surface area contributed by atoms with Crippen LogP contribution in [0.15, 0.2) is 41.3 Å². The number of benzene rings is 2. The molecule has 1 fully saturated rings. The van der Waals surface area contributed by atoms with E-state index in [2.05, 4.69) is 12.1 Å². The van der Waals surface area contributed by atoms with Crippen LogP contribution in [0.5, 0.6) is 5.75 Å². The number of aliphatic carboxylic acids is 1. The maximum absolute atomic E-state index is 10.7.